The van der Waals surface area contributed by atoms with E-state index >= 15 is 0 Å². The lowest BCUT2D eigenvalue weighted by molar-refractivity contribution is -0.0327. The zero-order chi connectivity index (χ0) is 17.8. The Morgan fingerprint density at radius 1 is 1.15 bits per heavy atom. The topological polar surface area (TPSA) is 55.3 Å². The number of piperidine rings is 1. The average molecular weight is 351 g/mol. The zero-order valence-corrected chi connectivity index (χ0v) is 15.0. The van der Waals surface area contributed by atoms with Gasteiger partial charge in [0, 0.05) is 31.8 Å². The number of likely N-dealkylation sites (tertiary alicyclic amines) is 1. The first-order chi connectivity index (χ1) is 12.8. The van der Waals surface area contributed by atoms with Crippen LogP contribution in [0.15, 0.2) is 48.9 Å². The molecule has 0 bridgehead atoms. The summed E-state index contributed by atoms with van der Waals surface area (Å²) in [5.41, 5.74) is 1.77. The lowest BCUT2D eigenvalue weighted by Crippen LogP contribution is -2.48. The van der Waals surface area contributed by atoms with Crippen molar-refractivity contribution >= 4 is 5.91 Å². The maximum absolute atomic E-state index is 12.8. The molecular formula is C21H25N3O2. The molecule has 0 unspecified atom stereocenters. The van der Waals surface area contributed by atoms with Crippen molar-refractivity contribution in [3.8, 4) is 0 Å². The monoisotopic (exact) mass is 351 g/mol. The second-order valence-corrected chi connectivity index (χ2v) is 7.40. The van der Waals surface area contributed by atoms with Crippen molar-refractivity contribution in [3.63, 3.8) is 0 Å². The Morgan fingerprint density at radius 2 is 2.00 bits per heavy atom. The highest BCUT2D eigenvalue weighted by Crippen LogP contribution is 2.32. The summed E-state index contributed by atoms with van der Waals surface area (Å²) in [5, 5.41) is 0. The minimum atomic E-state index is -0.00824. The van der Waals surface area contributed by atoms with Crippen molar-refractivity contribution in [1.29, 1.82) is 0 Å². The van der Waals surface area contributed by atoms with Gasteiger partial charge in [-0.05, 0) is 43.2 Å². The summed E-state index contributed by atoms with van der Waals surface area (Å²) in [4.78, 5) is 22.7. The van der Waals surface area contributed by atoms with Crippen molar-refractivity contribution in [3.05, 3.63) is 60.2 Å². The number of aromatic nitrogens is 2. The predicted molar refractivity (Wildman–Crippen MR) is 98.7 cm³/mol. The molecule has 0 spiro atoms. The zero-order valence-electron chi connectivity index (χ0n) is 15.0. The minimum absolute atomic E-state index is 0.00824. The van der Waals surface area contributed by atoms with Gasteiger partial charge in [0.25, 0.3) is 5.91 Å². The molecule has 2 heterocycles. The van der Waals surface area contributed by atoms with Crippen LogP contribution in [-0.2, 0) is 11.2 Å². The fraction of sp³-hybridized carbons (Fsp3) is 0.476. The third kappa shape index (κ3) is 4.28. The first kappa shape index (κ1) is 17.2. The van der Waals surface area contributed by atoms with E-state index < -0.39 is 0 Å². The van der Waals surface area contributed by atoms with E-state index in [1.165, 1.54) is 24.7 Å². The molecule has 0 N–H and O–H groups in total. The van der Waals surface area contributed by atoms with Crippen LogP contribution in [0.25, 0.3) is 0 Å². The Kier molecular flexibility index (Phi) is 5.25. The highest BCUT2D eigenvalue weighted by atomic mass is 16.5. The maximum atomic E-state index is 12.8. The SMILES string of the molecule is O=C(c1ccncn1)N1CC[C@@H](OCC2CC2)[C@@H](Cc2ccccc2)C1. The van der Waals surface area contributed by atoms with E-state index in [2.05, 4.69) is 34.2 Å². The van der Waals surface area contributed by atoms with Gasteiger partial charge in [-0.1, -0.05) is 30.3 Å². The summed E-state index contributed by atoms with van der Waals surface area (Å²) in [6.07, 6.45) is 7.70. The number of carbonyl (C=O) groups excluding carboxylic acids is 1. The van der Waals surface area contributed by atoms with Crippen LogP contribution in [0.4, 0.5) is 0 Å². The molecule has 1 saturated carbocycles. The number of hydrogen-bond donors (Lipinski definition) is 0. The molecule has 2 aliphatic rings. The summed E-state index contributed by atoms with van der Waals surface area (Å²) in [6, 6.07) is 12.2. The molecule has 1 aliphatic carbocycles. The van der Waals surface area contributed by atoms with E-state index in [1.807, 2.05) is 11.0 Å². The molecule has 1 amide bonds. The van der Waals surface area contributed by atoms with E-state index in [0.29, 0.717) is 18.2 Å². The average Bonchev–Trinajstić information content (AvgIpc) is 3.52. The third-order valence-corrected chi connectivity index (χ3v) is 5.34. The van der Waals surface area contributed by atoms with Gasteiger partial charge >= 0.3 is 0 Å². The van der Waals surface area contributed by atoms with Crippen LogP contribution in [0.2, 0.25) is 0 Å². The molecule has 136 valence electrons. The molecule has 4 rings (SSSR count). The lowest BCUT2D eigenvalue weighted by atomic mass is 9.88. The number of benzene rings is 1. The molecule has 5 nitrogen and oxygen atoms in total. The Balaban J connectivity index is 1.45. The van der Waals surface area contributed by atoms with Gasteiger partial charge in [0.2, 0.25) is 0 Å². The van der Waals surface area contributed by atoms with Crippen LogP contribution >= 0.6 is 0 Å². The van der Waals surface area contributed by atoms with Crippen LogP contribution in [0, 0.1) is 11.8 Å². The number of nitrogens with zero attached hydrogens (tertiary/aromatic N) is 3. The van der Waals surface area contributed by atoms with Gasteiger partial charge in [-0.15, -0.1) is 0 Å². The van der Waals surface area contributed by atoms with Crippen molar-refractivity contribution in [2.24, 2.45) is 11.8 Å². The number of hydrogen-bond acceptors (Lipinski definition) is 4. The van der Waals surface area contributed by atoms with Gasteiger partial charge < -0.3 is 9.64 Å². The van der Waals surface area contributed by atoms with Gasteiger partial charge in [-0.25, -0.2) is 9.97 Å². The van der Waals surface area contributed by atoms with E-state index in [4.69, 9.17) is 4.74 Å². The van der Waals surface area contributed by atoms with Gasteiger partial charge in [0.15, 0.2) is 0 Å². The van der Waals surface area contributed by atoms with Gasteiger partial charge in [-0.3, -0.25) is 4.79 Å². The van der Waals surface area contributed by atoms with E-state index in [-0.39, 0.29) is 12.0 Å². The van der Waals surface area contributed by atoms with Crippen molar-refractivity contribution in [2.75, 3.05) is 19.7 Å². The van der Waals surface area contributed by atoms with Crippen molar-refractivity contribution in [2.45, 2.75) is 31.8 Å². The second-order valence-electron chi connectivity index (χ2n) is 7.40. The van der Waals surface area contributed by atoms with Gasteiger partial charge in [0.1, 0.15) is 12.0 Å². The largest absolute Gasteiger partial charge is 0.377 e. The normalized spacial score (nSPS) is 23.0. The minimum Gasteiger partial charge on any atom is -0.377 e. The number of carbonyl (C=O) groups is 1. The molecule has 26 heavy (non-hydrogen) atoms. The second kappa shape index (κ2) is 7.96. The lowest BCUT2D eigenvalue weighted by Gasteiger charge is -2.38. The third-order valence-electron chi connectivity index (χ3n) is 5.34. The van der Waals surface area contributed by atoms with Crippen LogP contribution in [0.3, 0.4) is 0 Å². The Hall–Kier alpha value is -2.27. The van der Waals surface area contributed by atoms with Crippen LogP contribution in [0.1, 0.15) is 35.3 Å². The molecular weight excluding hydrogens is 326 g/mol. The molecule has 5 heteroatoms. The van der Waals surface area contributed by atoms with Crippen LogP contribution in [0.5, 0.6) is 0 Å². The smallest absolute Gasteiger partial charge is 0.272 e. The number of ether oxygens (including phenoxy) is 1. The molecule has 1 aliphatic heterocycles. The van der Waals surface area contributed by atoms with Gasteiger partial charge in [-0.2, -0.15) is 0 Å². The quantitative estimate of drug-likeness (QED) is 0.803. The van der Waals surface area contributed by atoms with E-state index in [1.54, 1.807) is 12.3 Å². The van der Waals surface area contributed by atoms with Crippen molar-refractivity contribution < 1.29 is 9.53 Å². The predicted octanol–water partition coefficient (Wildman–Crippen LogP) is 2.98. The molecule has 1 saturated heterocycles. The van der Waals surface area contributed by atoms with Crippen molar-refractivity contribution in [1.82, 2.24) is 14.9 Å². The molecule has 2 atom stereocenters. The number of amides is 1. The van der Waals surface area contributed by atoms with Crippen LogP contribution < -0.4 is 0 Å². The summed E-state index contributed by atoms with van der Waals surface area (Å²) < 4.78 is 6.26. The molecule has 2 aromatic rings. The van der Waals surface area contributed by atoms with E-state index in [0.717, 1.165) is 31.9 Å². The summed E-state index contributed by atoms with van der Waals surface area (Å²) in [6.45, 7) is 2.31. The van der Waals surface area contributed by atoms with Gasteiger partial charge in [0.05, 0.1) is 6.10 Å². The fourth-order valence-electron chi connectivity index (χ4n) is 3.65. The first-order valence-electron chi connectivity index (χ1n) is 9.50. The molecule has 1 aromatic heterocycles. The maximum Gasteiger partial charge on any atom is 0.272 e. The molecule has 0 radical (unpaired) electrons. The number of rotatable bonds is 6. The van der Waals surface area contributed by atoms with Crippen LogP contribution in [-0.4, -0.2) is 46.6 Å². The Labute approximate surface area is 154 Å². The molecule has 1 aromatic carbocycles. The Bertz CT molecular complexity index is 719. The molecule has 2 fully saturated rings. The van der Waals surface area contributed by atoms with E-state index in [9.17, 15) is 4.79 Å². The Morgan fingerprint density at radius 3 is 2.73 bits per heavy atom. The highest BCUT2D eigenvalue weighted by Gasteiger charge is 2.34. The summed E-state index contributed by atoms with van der Waals surface area (Å²) in [7, 11) is 0. The summed E-state index contributed by atoms with van der Waals surface area (Å²) >= 11 is 0. The fourth-order valence-corrected chi connectivity index (χ4v) is 3.65. The highest BCUT2D eigenvalue weighted by molar-refractivity contribution is 5.92. The standard InChI is InChI=1S/C21H25N3O2/c25-21(19-8-10-22-15-23-19)24-11-9-20(26-14-17-6-7-17)18(13-24)12-16-4-2-1-3-5-16/h1-5,8,10,15,17-18,20H,6-7,9,11-14H2/t18-,20+/m0/s1. The first-order valence-corrected chi connectivity index (χ1v) is 9.50. The summed E-state index contributed by atoms with van der Waals surface area (Å²) in [5.74, 6) is 1.06.